The highest BCUT2D eigenvalue weighted by Gasteiger charge is 2.51. The van der Waals surface area contributed by atoms with Crippen molar-refractivity contribution < 1.29 is 28.3 Å². The van der Waals surface area contributed by atoms with E-state index in [-0.39, 0.29) is 19.2 Å². The number of methoxy groups -OCH3 is 1. The van der Waals surface area contributed by atoms with E-state index in [0.29, 0.717) is 24.6 Å². The molecule has 1 atom stereocenters. The van der Waals surface area contributed by atoms with Crippen molar-refractivity contribution in [3.63, 3.8) is 0 Å². The molecule has 0 spiro atoms. The van der Waals surface area contributed by atoms with Gasteiger partial charge in [0.25, 0.3) is 11.6 Å². The first-order chi connectivity index (χ1) is 16.1. The van der Waals surface area contributed by atoms with E-state index in [1.165, 1.54) is 6.26 Å². The summed E-state index contributed by atoms with van der Waals surface area (Å²) in [6.07, 6.45) is 3.77. The molecule has 170 valence electrons. The molecule has 1 aromatic carbocycles. The van der Waals surface area contributed by atoms with Crippen molar-refractivity contribution >= 4 is 17.7 Å². The fourth-order valence-corrected chi connectivity index (χ4v) is 3.94. The summed E-state index contributed by atoms with van der Waals surface area (Å²) in [7, 11) is 1.57. The number of aromatic nitrogens is 2. The first-order valence-electron chi connectivity index (χ1n) is 10.5. The second-order valence-electron chi connectivity index (χ2n) is 7.43. The quantitative estimate of drug-likeness (QED) is 0.566. The van der Waals surface area contributed by atoms with E-state index in [0.717, 1.165) is 28.1 Å². The second-order valence-corrected chi connectivity index (χ2v) is 7.43. The number of ether oxygens (including phenoxy) is 4. The van der Waals surface area contributed by atoms with Crippen molar-refractivity contribution in [3.05, 3.63) is 54.0 Å². The van der Waals surface area contributed by atoms with Crippen LogP contribution in [0.15, 0.2) is 52.3 Å². The molecule has 2 aromatic heterocycles. The van der Waals surface area contributed by atoms with E-state index in [1.807, 2.05) is 24.3 Å². The minimum atomic E-state index is -1.51. The maximum Gasteiger partial charge on any atom is 0.359 e. The zero-order valence-electron chi connectivity index (χ0n) is 18.2. The maximum atomic E-state index is 12.8. The molecule has 0 saturated heterocycles. The molecule has 10 nitrogen and oxygen atoms in total. The van der Waals surface area contributed by atoms with Crippen LogP contribution in [0.1, 0.15) is 18.2 Å². The van der Waals surface area contributed by atoms with Gasteiger partial charge >= 0.3 is 5.97 Å². The topological polar surface area (TPSA) is 117 Å². The summed E-state index contributed by atoms with van der Waals surface area (Å²) >= 11 is 0. The Morgan fingerprint density at radius 3 is 2.97 bits per heavy atom. The van der Waals surface area contributed by atoms with E-state index in [9.17, 15) is 4.79 Å². The van der Waals surface area contributed by atoms with Crippen LogP contribution in [0, 0.1) is 0 Å². The van der Waals surface area contributed by atoms with Crippen LogP contribution in [0.2, 0.25) is 0 Å². The predicted octanol–water partition coefficient (Wildman–Crippen LogP) is 2.94. The van der Waals surface area contributed by atoms with Gasteiger partial charge in [-0.2, -0.15) is 0 Å². The van der Waals surface area contributed by atoms with Crippen LogP contribution < -0.4 is 14.8 Å². The molecular weight excluding hydrogens is 428 g/mol. The van der Waals surface area contributed by atoms with Crippen molar-refractivity contribution in [2.75, 3.05) is 32.2 Å². The summed E-state index contributed by atoms with van der Waals surface area (Å²) in [6.45, 7) is 2.50. The lowest BCUT2D eigenvalue weighted by Gasteiger charge is -2.24. The van der Waals surface area contributed by atoms with E-state index in [2.05, 4.69) is 20.4 Å². The Balaban J connectivity index is 1.51. The van der Waals surface area contributed by atoms with Crippen molar-refractivity contribution in [2.45, 2.75) is 18.9 Å². The molecule has 33 heavy (non-hydrogen) atoms. The van der Waals surface area contributed by atoms with Gasteiger partial charge in [-0.15, -0.1) is 0 Å². The van der Waals surface area contributed by atoms with Gasteiger partial charge in [-0.25, -0.2) is 14.8 Å². The van der Waals surface area contributed by atoms with Crippen molar-refractivity contribution in [1.29, 1.82) is 0 Å². The lowest BCUT2D eigenvalue weighted by atomic mass is 9.99. The Kier molecular flexibility index (Phi) is 5.33. The Morgan fingerprint density at radius 1 is 1.27 bits per heavy atom. The smallest absolute Gasteiger partial charge is 0.359 e. The first kappa shape index (κ1) is 20.8. The van der Waals surface area contributed by atoms with Crippen LogP contribution in [0.5, 0.6) is 11.6 Å². The number of aliphatic imine (C=N–C) groups is 1. The molecule has 2 aliphatic heterocycles. The van der Waals surface area contributed by atoms with Crippen molar-refractivity contribution in [1.82, 2.24) is 10.1 Å². The number of nitrogens with one attached hydrogen (secondary N) is 1. The van der Waals surface area contributed by atoms with Gasteiger partial charge in [-0.3, -0.25) is 0 Å². The molecule has 5 rings (SSSR count). The van der Waals surface area contributed by atoms with Gasteiger partial charge in [0.1, 0.15) is 24.3 Å². The minimum Gasteiger partial charge on any atom is -0.493 e. The fraction of sp³-hybridized carbons (Fsp3) is 0.304. The average Bonchev–Trinajstić information content (AvgIpc) is 3.60. The third kappa shape index (κ3) is 3.63. The number of fused-ring (bicyclic) bond motifs is 1. The van der Waals surface area contributed by atoms with Crippen molar-refractivity contribution in [3.8, 4) is 22.8 Å². The number of hydrogen-bond donors (Lipinski definition) is 1. The standard InChI is InChI=1S/C23H22N4O6/c1-3-30-21(28)23(18-8-11-32-27-18)13-25-22(33-23)26-20-15(4-5-17-16(20)7-10-31-17)14-6-9-24-19(12-14)29-2/h4-6,8-9,11-12H,3,7,10,13H2,1-2H3,(H,25,26). The van der Waals surface area contributed by atoms with Crippen LogP contribution in [0.3, 0.4) is 0 Å². The van der Waals surface area contributed by atoms with Gasteiger partial charge in [0.15, 0.2) is 0 Å². The van der Waals surface area contributed by atoms with Crippen LogP contribution >= 0.6 is 0 Å². The summed E-state index contributed by atoms with van der Waals surface area (Å²) in [6, 6.07) is 9.36. The Morgan fingerprint density at radius 2 is 2.18 bits per heavy atom. The van der Waals surface area contributed by atoms with E-state index in [1.54, 1.807) is 26.3 Å². The minimum absolute atomic E-state index is 0.00460. The Labute approximate surface area is 189 Å². The van der Waals surface area contributed by atoms with Gasteiger partial charge in [-0.1, -0.05) is 5.16 Å². The summed E-state index contributed by atoms with van der Waals surface area (Å²) < 4.78 is 27.3. The zero-order chi connectivity index (χ0) is 22.8. The molecule has 0 amide bonds. The predicted molar refractivity (Wildman–Crippen MR) is 117 cm³/mol. The largest absolute Gasteiger partial charge is 0.493 e. The lowest BCUT2D eigenvalue weighted by Crippen LogP contribution is -2.42. The number of pyridine rings is 1. The number of anilines is 1. The van der Waals surface area contributed by atoms with Crippen molar-refractivity contribution in [2.24, 2.45) is 4.99 Å². The average molecular weight is 450 g/mol. The third-order valence-electron chi connectivity index (χ3n) is 5.54. The number of hydrogen-bond acceptors (Lipinski definition) is 10. The molecule has 1 unspecified atom stereocenters. The number of benzene rings is 1. The monoisotopic (exact) mass is 450 g/mol. The highest BCUT2D eigenvalue weighted by molar-refractivity contribution is 5.99. The molecule has 0 radical (unpaired) electrons. The molecule has 0 aliphatic carbocycles. The van der Waals surface area contributed by atoms with Gasteiger partial charge in [0.2, 0.25) is 5.88 Å². The highest BCUT2D eigenvalue weighted by Crippen LogP contribution is 2.41. The molecule has 3 aromatic rings. The van der Waals surface area contributed by atoms with Gasteiger partial charge in [0.05, 0.1) is 26.0 Å². The van der Waals surface area contributed by atoms with E-state index < -0.39 is 11.6 Å². The van der Waals surface area contributed by atoms with Crippen LogP contribution in [-0.4, -0.2) is 49.0 Å². The number of nitrogens with zero attached hydrogens (tertiary/aromatic N) is 3. The molecule has 0 saturated carbocycles. The van der Waals surface area contributed by atoms with E-state index in [4.69, 9.17) is 23.5 Å². The van der Waals surface area contributed by atoms with Crippen LogP contribution in [0.4, 0.5) is 5.69 Å². The number of amidine groups is 1. The summed E-state index contributed by atoms with van der Waals surface area (Å²) in [5.41, 5.74) is 2.33. The Bertz CT molecular complexity index is 1210. The van der Waals surface area contributed by atoms with Crippen LogP contribution in [-0.2, 0) is 26.3 Å². The van der Waals surface area contributed by atoms with Gasteiger partial charge in [0, 0.05) is 35.9 Å². The summed E-state index contributed by atoms with van der Waals surface area (Å²) in [5.74, 6) is 0.700. The molecule has 1 N–H and O–H groups in total. The number of rotatable bonds is 6. The first-order valence-corrected chi connectivity index (χ1v) is 10.5. The lowest BCUT2D eigenvalue weighted by molar-refractivity contribution is -0.162. The van der Waals surface area contributed by atoms with E-state index >= 15 is 0 Å². The van der Waals surface area contributed by atoms with Gasteiger partial charge in [-0.05, 0) is 30.7 Å². The van der Waals surface area contributed by atoms with Crippen LogP contribution in [0.25, 0.3) is 11.1 Å². The van der Waals surface area contributed by atoms with Gasteiger partial charge < -0.3 is 28.8 Å². The maximum absolute atomic E-state index is 12.8. The molecule has 2 aliphatic rings. The number of carbonyl (C=O) groups is 1. The summed E-state index contributed by atoms with van der Waals surface area (Å²) in [4.78, 5) is 21.5. The second kappa shape index (κ2) is 8.45. The molecule has 10 heteroatoms. The number of carbonyl (C=O) groups excluding carboxylic acids is 1. The molecule has 0 fully saturated rings. The third-order valence-corrected chi connectivity index (χ3v) is 5.54. The SMILES string of the molecule is CCOC(=O)C1(c2ccon2)CN=C(Nc2c(-c3ccnc(OC)c3)ccc3c2CCO3)O1. The fourth-order valence-electron chi connectivity index (χ4n) is 3.94. The molecular formula is C23H22N4O6. The Hall–Kier alpha value is -4.08. The molecule has 4 heterocycles. The zero-order valence-corrected chi connectivity index (χ0v) is 18.2. The normalized spacial score (nSPS) is 18.7. The summed E-state index contributed by atoms with van der Waals surface area (Å²) in [5, 5.41) is 7.19. The number of esters is 1. The molecule has 0 bridgehead atoms. The highest BCUT2D eigenvalue weighted by atomic mass is 16.6.